The maximum Gasteiger partial charge on any atom is 0.200 e. The first kappa shape index (κ1) is 15.6. The van der Waals surface area contributed by atoms with E-state index in [1.54, 1.807) is 24.3 Å². The second-order valence-electron chi connectivity index (χ2n) is 4.33. The van der Waals surface area contributed by atoms with Gasteiger partial charge in [0.15, 0.2) is 0 Å². The van der Waals surface area contributed by atoms with Gasteiger partial charge in [0.2, 0.25) is 5.78 Å². The monoisotopic (exact) mass is 348 g/mol. The van der Waals surface area contributed by atoms with Crippen molar-refractivity contribution in [3.63, 3.8) is 0 Å². The predicted octanol–water partition coefficient (Wildman–Crippen LogP) is 4.48. The van der Waals surface area contributed by atoms with E-state index in [1.807, 2.05) is 32.0 Å². The first-order valence-electron chi connectivity index (χ1n) is 6.86. The number of carbonyl (C=O) groups excluding carboxylic acids is 1. The molecular weight excluding hydrogens is 332 g/mol. The minimum absolute atomic E-state index is 0.108. The number of ketones is 1. The number of para-hydroxylation sites is 1. The van der Waals surface area contributed by atoms with Crippen LogP contribution in [0.3, 0.4) is 0 Å². The zero-order chi connectivity index (χ0) is 15.2. The summed E-state index contributed by atoms with van der Waals surface area (Å²) in [5.41, 5.74) is 1.07. The van der Waals surface area contributed by atoms with E-state index in [-0.39, 0.29) is 5.78 Å². The van der Waals surface area contributed by atoms with Gasteiger partial charge in [-0.1, -0.05) is 28.1 Å². The number of benzene rings is 2. The van der Waals surface area contributed by atoms with Crippen LogP contribution in [0.5, 0.6) is 11.5 Å². The third kappa shape index (κ3) is 3.64. The Labute approximate surface area is 133 Å². The van der Waals surface area contributed by atoms with E-state index in [9.17, 15) is 4.79 Å². The van der Waals surface area contributed by atoms with E-state index in [4.69, 9.17) is 9.47 Å². The van der Waals surface area contributed by atoms with Crippen molar-refractivity contribution in [1.29, 1.82) is 0 Å². The molecule has 110 valence electrons. The quantitative estimate of drug-likeness (QED) is 0.722. The van der Waals surface area contributed by atoms with E-state index >= 15 is 0 Å². The Bertz CT molecular complexity index is 638. The average Bonchev–Trinajstić information content (AvgIpc) is 2.49. The summed E-state index contributed by atoms with van der Waals surface area (Å²) >= 11 is 3.40. The number of ether oxygens (including phenoxy) is 2. The first-order chi connectivity index (χ1) is 10.2. The van der Waals surface area contributed by atoms with Crippen molar-refractivity contribution in [1.82, 2.24) is 0 Å². The molecule has 0 heterocycles. The molecule has 3 nitrogen and oxygen atoms in total. The van der Waals surface area contributed by atoms with Gasteiger partial charge < -0.3 is 9.47 Å². The maximum absolute atomic E-state index is 12.8. The molecule has 0 atom stereocenters. The number of rotatable bonds is 6. The Morgan fingerprint density at radius 3 is 2.24 bits per heavy atom. The molecule has 0 unspecified atom stereocenters. The van der Waals surface area contributed by atoms with Gasteiger partial charge in [0.05, 0.1) is 24.3 Å². The van der Waals surface area contributed by atoms with E-state index in [2.05, 4.69) is 15.9 Å². The van der Waals surface area contributed by atoms with Gasteiger partial charge in [-0.3, -0.25) is 4.79 Å². The summed E-state index contributed by atoms with van der Waals surface area (Å²) in [6.45, 7) is 4.81. The molecule has 4 heteroatoms. The highest BCUT2D eigenvalue weighted by molar-refractivity contribution is 9.10. The molecular formula is C17H17BrO3. The Morgan fingerprint density at radius 1 is 0.952 bits per heavy atom. The minimum Gasteiger partial charge on any atom is -0.493 e. The Kier molecular flexibility index (Phi) is 5.39. The van der Waals surface area contributed by atoms with E-state index in [1.165, 1.54) is 0 Å². The zero-order valence-corrected chi connectivity index (χ0v) is 13.6. The lowest BCUT2D eigenvalue weighted by molar-refractivity contribution is 0.103. The van der Waals surface area contributed by atoms with Crippen molar-refractivity contribution in [3.05, 3.63) is 58.1 Å². The molecule has 0 saturated carbocycles. The fourth-order valence-electron chi connectivity index (χ4n) is 2.04. The largest absolute Gasteiger partial charge is 0.493 e. The van der Waals surface area contributed by atoms with Crippen molar-refractivity contribution in [3.8, 4) is 11.5 Å². The van der Waals surface area contributed by atoms with Gasteiger partial charge in [-0.15, -0.1) is 0 Å². The molecule has 2 aromatic carbocycles. The SMILES string of the molecule is CCOc1ccccc1C(=O)c1cc(Br)ccc1OCC. The van der Waals surface area contributed by atoms with Crippen LogP contribution in [0.1, 0.15) is 29.8 Å². The summed E-state index contributed by atoms with van der Waals surface area (Å²) in [4.78, 5) is 12.8. The van der Waals surface area contributed by atoms with Gasteiger partial charge in [-0.05, 0) is 44.2 Å². The van der Waals surface area contributed by atoms with E-state index in [0.29, 0.717) is 35.8 Å². The lowest BCUT2D eigenvalue weighted by atomic mass is 10.0. The summed E-state index contributed by atoms with van der Waals surface area (Å²) in [5, 5.41) is 0. The molecule has 21 heavy (non-hydrogen) atoms. The molecule has 0 aliphatic heterocycles. The third-order valence-corrected chi connectivity index (χ3v) is 3.41. The molecule has 0 aliphatic rings. The standard InChI is InChI=1S/C17H17BrO3/c1-3-20-15-8-6-5-7-13(15)17(19)14-11-12(18)9-10-16(14)21-4-2/h5-11H,3-4H2,1-2H3. The molecule has 0 amide bonds. The molecule has 2 aromatic rings. The molecule has 0 saturated heterocycles. The fourth-order valence-corrected chi connectivity index (χ4v) is 2.40. The molecule has 0 aliphatic carbocycles. The van der Waals surface area contributed by atoms with Crippen molar-refractivity contribution in [2.24, 2.45) is 0 Å². The normalized spacial score (nSPS) is 10.2. The summed E-state index contributed by atoms with van der Waals surface area (Å²) in [6, 6.07) is 12.7. The number of hydrogen-bond donors (Lipinski definition) is 0. The van der Waals surface area contributed by atoms with Gasteiger partial charge in [0.25, 0.3) is 0 Å². The Balaban J connectivity index is 2.47. The topological polar surface area (TPSA) is 35.5 Å². The predicted molar refractivity (Wildman–Crippen MR) is 86.4 cm³/mol. The summed E-state index contributed by atoms with van der Waals surface area (Å²) in [6.07, 6.45) is 0. The molecule has 0 spiro atoms. The number of hydrogen-bond acceptors (Lipinski definition) is 3. The van der Waals surface area contributed by atoms with Gasteiger partial charge in [-0.2, -0.15) is 0 Å². The summed E-state index contributed by atoms with van der Waals surface area (Å²) in [7, 11) is 0. The minimum atomic E-state index is -0.108. The Hall–Kier alpha value is -1.81. The van der Waals surface area contributed by atoms with E-state index < -0.39 is 0 Å². The van der Waals surface area contributed by atoms with Crippen molar-refractivity contribution in [2.75, 3.05) is 13.2 Å². The molecule has 0 radical (unpaired) electrons. The van der Waals surface area contributed by atoms with Gasteiger partial charge in [-0.25, -0.2) is 0 Å². The van der Waals surface area contributed by atoms with Gasteiger partial charge >= 0.3 is 0 Å². The van der Waals surface area contributed by atoms with Crippen LogP contribution in [0.25, 0.3) is 0 Å². The van der Waals surface area contributed by atoms with Gasteiger partial charge in [0, 0.05) is 4.47 Å². The fraction of sp³-hybridized carbons (Fsp3) is 0.235. The molecule has 0 N–H and O–H groups in total. The average molecular weight is 349 g/mol. The van der Waals surface area contributed by atoms with Crippen molar-refractivity contribution >= 4 is 21.7 Å². The van der Waals surface area contributed by atoms with Crippen molar-refractivity contribution in [2.45, 2.75) is 13.8 Å². The van der Waals surface area contributed by atoms with E-state index in [0.717, 1.165) is 4.47 Å². The second-order valence-corrected chi connectivity index (χ2v) is 5.25. The van der Waals surface area contributed by atoms with Crippen molar-refractivity contribution < 1.29 is 14.3 Å². The lowest BCUT2D eigenvalue weighted by Crippen LogP contribution is -2.08. The highest BCUT2D eigenvalue weighted by Gasteiger charge is 2.18. The summed E-state index contributed by atoms with van der Waals surface area (Å²) < 4.78 is 11.9. The van der Waals surface area contributed by atoms with Crippen LogP contribution in [0.4, 0.5) is 0 Å². The number of halogens is 1. The zero-order valence-electron chi connectivity index (χ0n) is 12.1. The molecule has 2 rings (SSSR count). The Morgan fingerprint density at radius 2 is 1.57 bits per heavy atom. The van der Waals surface area contributed by atoms with Crippen LogP contribution in [0.15, 0.2) is 46.9 Å². The van der Waals surface area contributed by atoms with Gasteiger partial charge in [0.1, 0.15) is 11.5 Å². The van der Waals surface area contributed by atoms with Crippen LogP contribution in [-0.4, -0.2) is 19.0 Å². The maximum atomic E-state index is 12.8. The van der Waals surface area contributed by atoms with Crippen LogP contribution in [0, 0.1) is 0 Å². The molecule has 0 aromatic heterocycles. The van der Waals surface area contributed by atoms with Crippen LogP contribution in [-0.2, 0) is 0 Å². The first-order valence-corrected chi connectivity index (χ1v) is 7.65. The smallest absolute Gasteiger partial charge is 0.200 e. The lowest BCUT2D eigenvalue weighted by Gasteiger charge is -2.12. The summed E-state index contributed by atoms with van der Waals surface area (Å²) in [5.74, 6) is 1.06. The highest BCUT2D eigenvalue weighted by atomic mass is 79.9. The third-order valence-electron chi connectivity index (χ3n) is 2.92. The van der Waals surface area contributed by atoms with Crippen LogP contribution in [0.2, 0.25) is 0 Å². The number of carbonyl (C=O) groups is 1. The van der Waals surface area contributed by atoms with Crippen LogP contribution >= 0.6 is 15.9 Å². The highest BCUT2D eigenvalue weighted by Crippen LogP contribution is 2.29. The second kappa shape index (κ2) is 7.27. The molecule has 0 fully saturated rings. The van der Waals surface area contributed by atoms with Crippen LogP contribution < -0.4 is 9.47 Å². The molecule has 0 bridgehead atoms.